The van der Waals surface area contributed by atoms with Gasteiger partial charge in [-0.05, 0) is 48.4 Å². The fourth-order valence-corrected chi connectivity index (χ4v) is 3.74. The van der Waals surface area contributed by atoms with E-state index < -0.39 is 0 Å². The molecule has 2 fully saturated rings. The van der Waals surface area contributed by atoms with Crippen molar-refractivity contribution >= 4 is 17.7 Å². The van der Waals surface area contributed by atoms with Gasteiger partial charge in [-0.2, -0.15) is 0 Å². The molecular formula is C18H24N2O. The molecule has 0 aromatic heterocycles. The number of amides is 1. The number of nitrogens with zero attached hydrogens (tertiary/aromatic N) is 1. The molecule has 3 rings (SSSR count). The van der Waals surface area contributed by atoms with Crippen LogP contribution in [0.15, 0.2) is 30.3 Å². The highest BCUT2D eigenvalue weighted by Crippen LogP contribution is 2.36. The molecule has 1 aliphatic carbocycles. The van der Waals surface area contributed by atoms with Gasteiger partial charge in [-0.3, -0.25) is 4.79 Å². The van der Waals surface area contributed by atoms with E-state index in [0.717, 1.165) is 36.2 Å². The molecule has 0 radical (unpaired) electrons. The first-order valence-electron chi connectivity index (χ1n) is 8.05. The van der Waals surface area contributed by atoms with Crippen LogP contribution in [0.3, 0.4) is 0 Å². The van der Waals surface area contributed by atoms with E-state index in [2.05, 4.69) is 0 Å². The van der Waals surface area contributed by atoms with Crippen molar-refractivity contribution in [3.63, 3.8) is 0 Å². The largest absolute Gasteiger partial charge is 0.399 e. The Balaban J connectivity index is 1.60. The number of carbonyl (C=O) groups is 1. The molecule has 3 nitrogen and oxygen atoms in total. The Bertz CT molecular complexity index is 538. The van der Waals surface area contributed by atoms with Gasteiger partial charge in [0.2, 0.25) is 5.91 Å². The Kier molecular flexibility index (Phi) is 4.28. The summed E-state index contributed by atoms with van der Waals surface area (Å²) in [6.07, 6.45) is 10.1. The Hall–Kier alpha value is -1.77. The van der Waals surface area contributed by atoms with Crippen LogP contribution in [-0.2, 0) is 4.79 Å². The zero-order valence-electron chi connectivity index (χ0n) is 12.5. The molecule has 2 N–H and O–H groups in total. The maximum atomic E-state index is 12.3. The molecule has 1 aliphatic heterocycles. The van der Waals surface area contributed by atoms with Crippen LogP contribution >= 0.6 is 0 Å². The molecular weight excluding hydrogens is 260 g/mol. The summed E-state index contributed by atoms with van der Waals surface area (Å²) in [5.74, 6) is 1.74. The number of fused-ring (bicyclic) bond motifs is 1. The number of nitrogen functional groups attached to an aromatic ring is 1. The lowest BCUT2D eigenvalue weighted by Gasteiger charge is -2.41. The van der Waals surface area contributed by atoms with Gasteiger partial charge in [0, 0.05) is 24.9 Å². The maximum Gasteiger partial charge on any atom is 0.246 e. The molecule has 0 bridgehead atoms. The quantitative estimate of drug-likeness (QED) is 0.669. The minimum atomic E-state index is 0.140. The van der Waals surface area contributed by atoms with E-state index in [1.807, 2.05) is 35.2 Å². The molecule has 21 heavy (non-hydrogen) atoms. The molecule has 0 spiro atoms. The first-order valence-corrected chi connectivity index (χ1v) is 8.05. The topological polar surface area (TPSA) is 46.3 Å². The van der Waals surface area contributed by atoms with Crippen molar-refractivity contribution in [3.05, 3.63) is 35.9 Å². The Morgan fingerprint density at radius 3 is 2.81 bits per heavy atom. The zero-order chi connectivity index (χ0) is 14.7. The van der Waals surface area contributed by atoms with Crippen LogP contribution in [0, 0.1) is 11.8 Å². The molecule has 2 aliphatic rings. The van der Waals surface area contributed by atoms with Gasteiger partial charge in [-0.1, -0.05) is 31.4 Å². The summed E-state index contributed by atoms with van der Waals surface area (Å²) in [6, 6.07) is 7.62. The van der Waals surface area contributed by atoms with E-state index in [9.17, 15) is 4.79 Å². The number of nitrogens with two attached hydrogens (primary N) is 1. The van der Waals surface area contributed by atoms with E-state index in [4.69, 9.17) is 5.73 Å². The van der Waals surface area contributed by atoms with Crippen molar-refractivity contribution in [2.45, 2.75) is 32.1 Å². The van der Waals surface area contributed by atoms with Crippen LogP contribution in [0.2, 0.25) is 0 Å². The average molecular weight is 284 g/mol. The van der Waals surface area contributed by atoms with E-state index in [1.165, 1.54) is 32.1 Å². The lowest BCUT2D eigenvalue weighted by Crippen LogP contribution is -2.44. The van der Waals surface area contributed by atoms with Crippen LogP contribution in [0.4, 0.5) is 5.69 Å². The van der Waals surface area contributed by atoms with Crippen LogP contribution in [0.1, 0.15) is 37.7 Å². The van der Waals surface area contributed by atoms with Crippen molar-refractivity contribution in [2.75, 3.05) is 18.8 Å². The van der Waals surface area contributed by atoms with Gasteiger partial charge in [0.1, 0.15) is 0 Å². The summed E-state index contributed by atoms with van der Waals surface area (Å²) in [5, 5.41) is 0. The molecule has 112 valence electrons. The number of carbonyl (C=O) groups excluding carboxylic acids is 1. The maximum absolute atomic E-state index is 12.3. The highest BCUT2D eigenvalue weighted by atomic mass is 16.2. The third-order valence-corrected chi connectivity index (χ3v) is 4.93. The predicted molar refractivity (Wildman–Crippen MR) is 86.5 cm³/mol. The van der Waals surface area contributed by atoms with Gasteiger partial charge in [-0.25, -0.2) is 0 Å². The molecule has 1 saturated heterocycles. The normalized spacial score (nSPS) is 25.8. The first kappa shape index (κ1) is 14.2. The Morgan fingerprint density at radius 1 is 1.19 bits per heavy atom. The molecule has 1 aromatic carbocycles. The molecule has 3 heteroatoms. The van der Waals surface area contributed by atoms with Crippen molar-refractivity contribution in [3.8, 4) is 0 Å². The molecule has 2 unspecified atom stereocenters. The van der Waals surface area contributed by atoms with Crippen molar-refractivity contribution in [1.82, 2.24) is 4.90 Å². The van der Waals surface area contributed by atoms with Gasteiger partial charge >= 0.3 is 0 Å². The summed E-state index contributed by atoms with van der Waals surface area (Å²) in [5.41, 5.74) is 7.46. The van der Waals surface area contributed by atoms with Crippen LogP contribution in [-0.4, -0.2) is 23.9 Å². The van der Waals surface area contributed by atoms with E-state index in [-0.39, 0.29) is 5.91 Å². The van der Waals surface area contributed by atoms with Crippen LogP contribution in [0.5, 0.6) is 0 Å². The van der Waals surface area contributed by atoms with E-state index in [1.54, 1.807) is 6.08 Å². The fraction of sp³-hybridized carbons (Fsp3) is 0.500. The second-order valence-corrected chi connectivity index (χ2v) is 6.38. The fourth-order valence-electron chi connectivity index (χ4n) is 3.74. The van der Waals surface area contributed by atoms with Crippen molar-refractivity contribution in [2.24, 2.45) is 11.8 Å². The van der Waals surface area contributed by atoms with Gasteiger partial charge in [0.05, 0.1) is 0 Å². The zero-order valence-corrected chi connectivity index (χ0v) is 12.5. The SMILES string of the molecule is Nc1cccc(/C=C/C(=O)N2CCC3CCCCC3C2)c1. The Morgan fingerprint density at radius 2 is 2.00 bits per heavy atom. The summed E-state index contributed by atoms with van der Waals surface area (Å²) in [7, 11) is 0. The van der Waals surface area contributed by atoms with Crippen LogP contribution in [0.25, 0.3) is 6.08 Å². The summed E-state index contributed by atoms with van der Waals surface area (Å²) in [6.45, 7) is 1.87. The van der Waals surface area contributed by atoms with Gasteiger partial charge in [-0.15, -0.1) is 0 Å². The van der Waals surface area contributed by atoms with Crippen molar-refractivity contribution in [1.29, 1.82) is 0 Å². The Labute approximate surface area is 126 Å². The minimum absolute atomic E-state index is 0.140. The highest BCUT2D eigenvalue weighted by molar-refractivity contribution is 5.92. The lowest BCUT2D eigenvalue weighted by atomic mass is 9.75. The van der Waals surface area contributed by atoms with Gasteiger partial charge in [0.25, 0.3) is 0 Å². The molecule has 1 saturated carbocycles. The number of rotatable bonds is 2. The highest BCUT2D eigenvalue weighted by Gasteiger charge is 2.32. The van der Waals surface area contributed by atoms with Gasteiger partial charge in [0.15, 0.2) is 0 Å². The summed E-state index contributed by atoms with van der Waals surface area (Å²) in [4.78, 5) is 14.4. The lowest BCUT2D eigenvalue weighted by molar-refractivity contribution is -0.128. The smallest absolute Gasteiger partial charge is 0.246 e. The molecule has 2 atom stereocenters. The average Bonchev–Trinajstić information content (AvgIpc) is 2.52. The first-order chi connectivity index (χ1) is 10.2. The number of anilines is 1. The standard InChI is InChI=1S/C18H24N2O/c19-17-7-3-4-14(12-17)8-9-18(21)20-11-10-15-5-1-2-6-16(15)13-20/h3-4,7-9,12,15-16H,1-2,5-6,10-11,13,19H2/b9-8+. The minimum Gasteiger partial charge on any atom is -0.399 e. The second kappa shape index (κ2) is 6.33. The number of piperidine rings is 1. The summed E-state index contributed by atoms with van der Waals surface area (Å²) >= 11 is 0. The van der Waals surface area contributed by atoms with Gasteiger partial charge < -0.3 is 10.6 Å². The number of hydrogen-bond donors (Lipinski definition) is 1. The van der Waals surface area contributed by atoms with Crippen LogP contribution < -0.4 is 5.73 Å². The summed E-state index contributed by atoms with van der Waals surface area (Å²) < 4.78 is 0. The van der Waals surface area contributed by atoms with E-state index >= 15 is 0 Å². The third kappa shape index (κ3) is 3.46. The van der Waals surface area contributed by atoms with Crippen molar-refractivity contribution < 1.29 is 4.79 Å². The number of likely N-dealkylation sites (tertiary alicyclic amines) is 1. The predicted octanol–water partition coefficient (Wildman–Crippen LogP) is 3.32. The molecule has 1 amide bonds. The van der Waals surface area contributed by atoms with E-state index in [0.29, 0.717) is 0 Å². The number of hydrogen-bond acceptors (Lipinski definition) is 2. The monoisotopic (exact) mass is 284 g/mol. The molecule has 1 heterocycles. The second-order valence-electron chi connectivity index (χ2n) is 6.38. The number of benzene rings is 1. The third-order valence-electron chi connectivity index (χ3n) is 4.93. The molecule has 1 aromatic rings.